The quantitative estimate of drug-likeness (QED) is 0.655. The van der Waals surface area contributed by atoms with Crippen molar-refractivity contribution in [2.24, 2.45) is 5.92 Å². The summed E-state index contributed by atoms with van der Waals surface area (Å²) in [6.07, 6.45) is -0.828. The van der Waals surface area contributed by atoms with Crippen molar-refractivity contribution in [3.05, 3.63) is 28.2 Å². The lowest BCUT2D eigenvalue weighted by molar-refractivity contribution is -0.124. The Morgan fingerprint density at radius 1 is 1.36 bits per heavy atom. The fourth-order valence-corrected chi connectivity index (χ4v) is 1.98. The summed E-state index contributed by atoms with van der Waals surface area (Å²) in [6, 6.07) is 5.02. The second-order valence-corrected chi connectivity index (χ2v) is 5.51. The summed E-state index contributed by atoms with van der Waals surface area (Å²) < 4.78 is 5.39. The van der Waals surface area contributed by atoms with Gasteiger partial charge in [-0.15, -0.1) is 12.4 Å². The average molecular weight is 372 g/mol. The molecule has 126 valence electrons. The Morgan fingerprint density at radius 2 is 2.05 bits per heavy atom. The summed E-state index contributed by atoms with van der Waals surface area (Å²) in [7, 11) is 1.78. The lowest BCUT2D eigenvalue weighted by Crippen LogP contribution is -2.40. The number of ether oxygens (including phenoxy) is 1. The van der Waals surface area contributed by atoms with Crippen LogP contribution in [0.2, 0.25) is 10.0 Å². The molecule has 8 heteroatoms. The lowest BCUT2D eigenvalue weighted by atomic mass is 10.1. The third kappa shape index (κ3) is 7.03. The zero-order chi connectivity index (χ0) is 15.8. The Kier molecular flexibility index (Phi) is 10.6. The van der Waals surface area contributed by atoms with Gasteiger partial charge in [-0.05, 0) is 19.2 Å². The van der Waals surface area contributed by atoms with Gasteiger partial charge in [-0.2, -0.15) is 0 Å². The van der Waals surface area contributed by atoms with E-state index in [1.54, 1.807) is 32.2 Å². The van der Waals surface area contributed by atoms with Crippen LogP contribution in [0.15, 0.2) is 18.2 Å². The van der Waals surface area contributed by atoms with Crippen molar-refractivity contribution >= 4 is 41.5 Å². The lowest BCUT2D eigenvalue weighted by Gasteiger charge is -2.16. The number of nitrogens with one attached hydrogen (secondary N) is 2. The smallest absolute Gasteiger partial charge is 0.224 e. The van der Waals surface area contributed by atoms with Crippen LogP contribution in [0.25, 0.3) is 0 Å². The van der Waals surface area contributed by atoms with Crippen molar-refractivity contribution in [2.45, 2.75) is 13.0 Å². The molecule has 22 heavy (non-hydrogen) atoms. The molecule has 0 bridgehead atoms. The Balaban J connectivity index is 0.00000441. The van der Waals surface area contributed by atoms with Gasteiger partial charge < -0.3 is 20.5 Å². The van der Waals surface area contributed by atoms with Gasteiger partial charge in [0.05, 0.1) is 5.02 Å². The molecule has 2 atom stereocenters. The molecule has 1 amide bonds. The number of halogens is 3. The zero-order valence-electron chi connectivity index (χ0n) is 12.4. The first-order valence-electron chi connectivity index (χ1n) is 6.62. The highest BCUT2D eigenvalue weighted by atomic mass is 35.5. The Labute approximate surface area is 146 Å². The highest BCUT2D eigenvalue weighted by Gasteiger charge is 2.14. The van der Waals surface area contributed by atoms with Crippen molar-refractivity contribution in [3.63, 3.8) is 0 Å². The summed E-state index contributed by atoms with van der Waals surface area (Å²) in [4.78, 5) is 11.7. The Morgan fingerprint density at radius 3 is 2.68 bits per heavy atom. The largest absolute Gasteiger partial charge is 0.489 e. The van der Waals surface area contributed by atoms with Crippen LogP contribution in [0.5, 0.6) is 5.75 Å². The highest BCUT2D eigenvalue weighted by molar-refractivity contribution is 6.42. The summed E-state index contributed by atoms with van der Waals surface area (Å²) in [5.41, 5.74) is 0. The molecule has 0 saturated heterocycles. The van der Waals surface area contributed by atoms with Crippen LogP contribution >= 0.6 is 35.6 Å². The molecule has 0 fully saturated rings. The first kappa shape index (κ1) is 21.3. The molecular formula is C14H21Cl3N2O3. The molecule has 0 aliphatic carbocycles. The van der Waals surface area contributed by atoms with E-state index in [9.17, 15) is 9.90 Å². The van der Waals surface area contributed by atoms with Crippen LogP contribution in [0, 0.1) is 5.92 Å². The van der Waals surface area contributed by atoms with E-state index in [4.69, 9.17) is 27.9 Å². The molecule has 3 N–H and O–H groups in total. The molecule has 0 aliphatic rings. The molecule has 0 aliphatic heterocycles. The van der Waals surface area contributed by atoms with Crippen LogP contribution in [0.3, 0.4) is 0 Å². The number of aliphatic hydroxyl groups excluding tert-OH is 1. The van der Waals surface area contributed by atoms with E-state index in [2.05, 4.69) is 10.6 Å². The SMILES string of the molecule is CNCC(C)C(=O)NCC(O)COc1cccc(Cl)c1Cl.Cl. The van der Waals surface area contributed by atoms with E-state index >= 15 is 0 Å². The van der Waals surface area contributed by atoms with Gasteiger partial charge in [0.2, 0.25) is 5.91 Å². The average Bonchev–Trinajstić information content (AvgIpc) is 2.46. The summed E-state index contributed by atoms with van der Waals surface area (Å²) >= 11 is 11.8. The molecule has 0 aromatic heterocycles. The van der Waals surface area contributed by atoms with Gasteiger partial charge in [-0.3, -0.25) is 4.79 Å². The van der Waals surface area contributed by atoms with Gasteiger partial charge in [0.15, 0.2) is 0 Å². The van der Waals surface area contributed by atoms with Crippen molar-refractivity contribution in [1.29, 1.82) is 0 Å². The van der Waals surface area contributed by atoms with Gasteiger partial charge in [0, 0.05) is 19.0 Å². The van der Waals surface area contributed by atoms with Gasteiger partial charge in [0.25, 0.3) is 0 Å². The summed E-state index contributed by atoms with van der Waals surface area (Å²) in [5.74, 6) is 0.118. The van der Waals surface area contributed by atoms with Gasteiger partial charge in [-0.25, -0.2) is 0 Å². The molecule has 0 saturated carbocycles. The van der Waals surface area contributed by atoms with Gasteiger partial charge in [0.1, 0.15) is 23.5 Å². The molecule has 0 spiro atoms. The normalized spacial score (nSPS) is 13.0. The van der Waals surface area contributed by atoms with E-state index in [1.807, 2.05) is 0 Å². The van der Waals surface area contributed by atoms with Crippen molar-refractivity contribution in [2.75, 3.05) is 26.7 Å². The fraction of sp³-hybridized carbons (Fsp3) is 0.500. The molecule has 1 aromatic rings. The Hall–Kier alpha value is -0.720. The number of aliphatic hydroxyl groups is 1. The first-order chi connectivity index (χ1) is 9.95. The molecule has 0 heterocycles. The molecule has 0 radical (unpaired) electrons. The standard InChI is InChI=1S/C14H20Cl2N2O3.ClH/c1-9(6-17-2)14(20)18-7-10(19)8-21-12-5-3-4-11(15)13(12)16;/h3-5,9-10,17,19H,6-8H2,1-2H3,(H,18,20);1H. The number of rotatable bonds is 8. The zero-order valence-corrected chi connectivity index (χ0v) is 14.8. The van der Waals surface area contributed by atoms with Crippen molar-refractivity contribution in [1.82, 2.24) is 10.6 Å². The number of amides is 1. The minimum Gasteiger partial charge on any atom is -0.489 e. The van der Waals surface area contributed by atoms with E-state index < -0.39 is 6.10 Å². The van der Waals surface area contributed by atoms with Crippen molar-refractivity contribution in [3.8, 4) is 5.75 Å². The second kappa shape index (κ2) is 10.9. The summed E-state index contributed by atoms with van der Waals surface area (Å²) in [6.45, 7) is 2.52. The number of hydrogen-bond donors (Lipinski definition) is 3. The van der Waals surface area contributed by atoms with Crippen LogP contribution < -0.4 is 15.4 Å². The second-order valence-electron chi connectivity index (χ2n) is 4.72. The van der Waals surface area contributed by atoms with E-state index in [0.717, 1.165) is 0 Å². The Bertz CT molecular complexity index is 475. The first-order valence-corrected chi connectivity index (χ1v) is 7.38. The number of carbonyl (C=O) groups is 1. The summed E-state index contributed by atoms with van der Waals surface area (Å²) in [5, 5.41) is 16.1. The maximum Gasteiger partial charge on any atom is 0.224 e. The third-order valence-corrected chi connectivity index (χ3v) is 3.62. The fourth-order valence-electron chi connectivity index (χ4n) is 1.63. The number of carbonyl (C=O) groups excluding carboxylic acids is 1. The minimum atomic E-state index is -0.828. The van der Waals surface area contributed by atoms with Crippen LogP contribution in [0.1, 0.15) is 6.92 Å². The molecule has 2 unspecified atom stereocenters. The molecule has 1 aromatic carbocycles. The van der Waals surface area contributed by atoms with Crippen LogP contribution in [0.4, 0.5) is 0 Å². The van der Waals surface area contributed by atoms with Crippen molar-refractivity contribution < 1.29 is 14.6 Å². The topological polar surface area (TPSA) is 70.6 Å². The molecule has 1 rings (SSSR count). The monoisotopic (exact) mass is 370 g/mol. The predicted octanol–water partition coefficient (Wildman–Crippen LogP) is 2.13. The van der Waals surface area contributed by atoms with E-state index in [0.29, 0.717) is 22.3 Å². The number of benzene rings is 1. The van der Waals surface area contributed by atoms with Gasteiger partial charge in [-0.1, -0.05) is 36.2 Å². The van der Waals surface area contributed by atoms with E-state index in [1.165, 1.54) is 0 Å². The van der Waals surface area contributed by atoms with Crippen LogP contribution in [-0.2, 0) is 4.79 Å². The molecular weight excluding hydrogens is 351 g/mol. The molecule has 5 nitrogen and oxygen atoms in total. The minimum absolute atomic E-state index is 0. The van der Waals surface area contributed by atoms with Crippen LogP contribution in [-0.4, -0.2) is 43.9 Å². The maximum absolute atomic E-state index is 11.7. The maximum atomic E-state index is 11.7. The number of hydrogen-bond acceptors (Lipinski definition) is 4. The highest BCUT2D eigenvalue weighted by Crippen LogP contribution is 2.31. The van der Waals surface area contributed by atoms with Gasteiger partial charge >= 0.3 is 0 Å². The predicted molar refractivity (Wildman–Crippen MR) is 91.3 cm³/mol. The van der Waals surface area contributed by atoms with E-state index in [-0.39, 0.29) is 37.4 Å². The third-order valence-electron chi connectivity index (χ3n) is 2.82.